The number of nitrogens with zero attached hydrogens (tertiary/aromatic N) is 1. The van der Waals surface area contributed by atoms with Gasteiger partial charge in [-0.05, 0) is 0 Å². The fourth-order valence-electron chi connectivity index (χ4n) is 3.81. The minimum absolute atomic E-state index is 0.618. The second-order valence-corrected chi connectivity index (χ2v) is 31.9. The van der Waals surface area contributed by atoms with Crippen molar-refractivity contribution >= 4 is 57.8 Å². The number of rotatable bonds is 13. The molecule has 1 aromatic carbocycles. The summed E-state index contributed by atoms with van der Waals surface area (Å²) in [6, 6.07) is 13.2. The molecule has 0 saturated carbocycles. The van der Waals surface area contributed by atoms with Gasteiger partial charge in [0, 0.05) is 0 Å². The third-order valence-corrected chi connectivity index (χ3v) is 34.7. The molecule has 0 radical (unpaired) electrons. The van der Waals surface area contributed by atoms with Crippen molar-refractivity contribution in [2.45, 2.75) is 72.6 Å². The van der Waals surface area contributed by atoms with Crippen molar-refractivity contribution in [3.63, 3.8) is 0 Å². The van der Waals surface area contributed by atoms with Crippen LogP contribution in [0.25, 0.3) is 0 Å². The number of halogens is 1. The molecule has 0 unspecified atom stereocenters. The Morgan fingerprint density at radius 2 is 1.38 bits per heavy atom. The number of anilines is 2. The van der Waals surface area contributed by atoms with Crippen molar-refractivity contribution in [1.29, 1.82) is 0 Å². The van der Waals surface area contributed by atoms with Crippen LogP contribution in [0, 0.1) is 0 Å². The van der Waals surface area contributed by atoms with Gasteiger partial charge >= 0.3 is 190 Å². The van der Waals surface area contributed by atoms with E-state index in [1.165, 1.54) is 11.3 Å². The van der Waals surface area contributed by atoms with E-state index in [4.69, 9.17) is 11.6 Å². The molecule has 0 aliphatic rings. The molecular weight excluding hydrogens is 529 g/mol. The van der Waals surface area contributed by atoms with Gasteiger partial charge in [0.2, 0.25) is 0 Å². The van der Waals surface area contributed by atoms with E-state index in [-0.39, 0.29) is 0 Å². The van der Waals surface area contributed by atoms with E-state index in [2.05, 4.69) is 20.8 Å². The van der Waals surface area contributed by atoms with Crippen LogP contribution in [0.4, 0.5) is 10.7 Å². The normalized spacial score (nSPS) is 12.3. The van der Waals surface area contributed by atoms with Crippen LogP contribution in [0.5, 0.6) is 0 Å². The molecule has 0 spiro atoms. The maximum atomic E-state index is 14.5. The monoisotopic (exact) mass is 563 g/mol. The van der Waals surface area contributed by atoms with Gasteiger partial charge < -0.3 is 0 Å². The van der Waals surface area contributed by atoms with Gasteiger partial charge in [-0.1, -0.05) is 0 Å². The average molecular weight is 563 g/mol. The van der Waals surface area contributed by atoms with Crippen LogP contribution in [-0.4, -0.2) is 25.4 Å². The molecule has 0 aliphatic carbocycles. The molecule has 0 bridgehead atoms. The van der Waals surface area contributed by atoms with E-state index in [1.54, 1.807) is 10.4 Å². The van der Waals surface area contributed by atoms with Crippen molar-refractivity contribution in [2.75, 3.05) is 4.31 Å². The molecule has 3 nitrogen and oxygen atoms in total. The van der Waals surface area contributed by atoms with Crippen molar-refractivity contribution in [3.8, 4) is 0 Å². The zero-order chi connectivity index (χ0) is 21.3. The van der Waals surface area contributed by atoms with E-state index in [1.807, 2.05) is 36.4 Å². The zero-order valence-corrected chi connectivity index (χ0v) is 23.1. The fraction of sp³-hybridized carbons (Fsp3) is 0.545. The number of thiophene rings is 1. The molecule has 2 aromatic rings. The Kier molecular flexibility index (Phi) is 10.3. The summed E-state index contributed by atoms with van der Waals surface area (Å²) in [5.41, 5.74) is 0.733. The first-order valence-electron chi connectivity index (χ1n) is 10.8. The van der Waals surface area contributed by atoms with Gasteiger partial charge in [-0.25, -0.2) is 0 Å². The van der Waals surface area contributed by atoms with Crippen LogP contribution < -0.4 is 4.31 Å². The van der Waals surface area contributed by atoms with Crippen molar-refractivity contribution in [1.82, 2.24) is 0 Å². The number of hydrogen-bond acceptors (Lipinski definition) is 3. The van der Waals surface area contributed by atoms with Gasteiger partial charge in [-0.3, -0.25) is 0 Å². The second kappa shape index (κ2) is 12.0. The molecule has 0 fully saturated rings. The predicted octanol–water partition coefficient (Wildman–Crippen LogP) is 8.22. The van der Waals surface area contributed by atoms with E-state index in [0.29, 0.717) is 9.34 Å². The molecule has 0 amide bonds. The topological polar surface area (TPSA) is 37.4 Å². The Hall–Kier alpha value is -0.241. The molecule has 0 aliphatic heterocycles. The van der Waals surface area contributed by atoms with E-state index < -0.39 is 24.2 Å². The van der Waals surface area contributed by atoms with Crippen LogP contribution in [0.1, 0.15) is 59.3 Å². The molecule has 29 heavy (non-hydrogen) atoms. The van der Waals surface area contributed by atoms with Gasteiger partial charge in [-0.15, -0.1) is 0 Å². The summed E-state index contributed by atoms with van der Waals surface area (Å²) in [5, 5.41) is 0.715. The molecule has 1 heterocycles. The van der Waals surface area contributed by atoms with Crippen molar-refractivity contribution in [3.05, 3.63) is 46.8 Å². The quantitative estimate of drug-likeness (QED) is 0.231. The summed E-state index contributed by atoms with van der Waals surface area (Å²) in [7, 11) is -3.44. The van der Waals surface area contributed by atoms with Crippen molar-refractivity contribution < 1.29 is 8.42 Å². The summed E-state index contributed by atoms with van der Waals surface area (Å²) >= 11 is 3.96. The number of unbranched alkanes of at least 4 members (excludes halogenated alkanes) is 3. The minimum atomic E-state index is -3.61. The number of para-hydroxylation sites is 1. The summed E-state index contributed by atoms with van der Waals surface area (Å²) in [6.45, 7) is 6.49. The number of hydrogen-bond donors (Lipinski definition) is 0. The first-order chi connectivity index (χ1) is 13.9. The Morgan fingerprint density at radius 3 is 1.79 bits per heavy atom. The molecule has 162 valence electrons. The molecular formula is C22H34ClNO2S2Sn. The first kappa shape index (κ1) is 25.0. The van der Waals surface area contributed by atoms with Crippen LogP contribution in [-0.2, 0) is 7.21 Å². The van der Waals surface area contributed by atoms with E-state index >= 15 is 0 Å². The van der Waals surface area contributed by atoms with E-state index in [9.17, 15) is 8.42 Å². The summed E-state index contributed by atoms with van der Waals surface area (Å²) in [4.78, 5) is 0. The van der Waals surface area contributed by atoms with Gasteiger partial charge in [0.25, 0.3) is 0 Å². The molecule has 0 saturated heterocycles. The van der Waals surface area contributed by atoms with Gasteiger partial charge in [0.05, 0.1) is 0 Å². The third kappa shape index (κ3) is 6.14. The molecule has 2 rings (SSSR count). The van der Waals surface area contributed by atoms with Gasteiger partial charge in [0.15, 0.2) is 0 Å². The third-order valence-electron chi connectivity index (χ3n) is 5.50. The predicted molar refractivity (Wildman–Crippen MR) is 132 cm³/mol. The van der Waals surface area contributed by atoms with Crippen LogP contribution in [0.2, 0.25) is 17.6 Å². The Labute approximate surface area is 188 Å². The summed E-state index contributed by atoms with van der Waals surface area (Å²) in [6.07, 6.45) is 6.16. The second-order valence-electron chi connectivity index (χ2n) is 7.68. The Bertz CT molecular complexity index is 818. The van der Waals surface area contributed by atoms with Gasteiger partial charge in [0.1, 0.15) is 0 Å². The van der Waals surface area contributed by atoms with Crippen LogP contribution >= 0.6 is 22.9 Å². The summed E-state index contributed by atoms with van der Waals surface area (Å²) < 4.78 is 33.9. The van der Waals surface area contributed by atoms with E-state index in [0.717, 1.165) is 57.5 Å². The fourth-order valence-corrected chi connectivity index (χ4v) is 32.9. The molecule has 7 heteroatoms. The molecule has 1 aromatic heterocycles. The zero-order valence-electron chi connectivity index (χ0n) is 17.9. The van der Waals surface area contributed by atoms with Crippen LogP contribution in [0.3, 0.4) is 0 Å². The van der Waals surface area contributed by atoms with Gasteiger partial charge in [-0.2, -0.15) is 0 Å². The number of benzene rings is 1. The first-order valence-corrected chi connectivity index (χ1v) is 23.0. The van der Waals surface area contributed by atoms with Crippen LogP contribution in [0.15, 0.2) is 42.5 Å². The molecule has 0 atom stereocenters. The Balaban J connectivity index is 2.64. The summed E-state index contributed by atoms with van der Waals surface area (Å²) in [5.74, 6) is 0. The molecule has 0 N–H and O–H groups in total. The Morgan fingerprint density at radius 1 is 0.862 bits per heavy atom. The van der Waals surface area contributed by atoms with Crippen molar-refractivity contribution in [2.24, 2.45) is 0 Å². The SMILES string of the molecule is CCC[CH2][Sn]([CH2]CCC)([CH2]CCC)[S](=O)(=O)N(c1ccccc1)c1ccc(Cl)s1. The standard InChI is InChI=1S/C10H7ClNO2S2.3C4H9.Sn/c11-9-6-7-10(15-9)12(16(13)14)8-4-2-1-3-5-8;3*1-3-4-2;/h1-7H;3*1,3-4H2,2H3;. The maximum absolute atomic E-state index is 14.5. The average Bonchev–Trinajstić information content (AvgIpc) is 3.13.